The van der Waals surface area contributed by atoms with Gasteiger partial charge in [-0.2, -0.15) is 0 Å². The van der Waals surface area contributed by atoms with Crippen LogP contribution in [0.4, 0.5) is 0 Å². The second-order valence-electron chi connectivity index (χ2n) is 3.03. The topological polar surface area (TPSA) is 66.9 Å². The molecule has 0 spiro atoms. The van der Waals surface area contributed by atoms with Crippen LogP contribution < -0.4 is 11.5 Å². The smallest absolute Gasteiger partial charge is 0.259 e. The number of thiophene rings is 1. The summed E-state index contributed by atoms with van der Waals surface area (Å²) in [7, 11) is 0. The zero-order valence-electron chi connectivity index (χ0n) is 7.36. The Hall–Kier alpha value is -1.39. The average Bonchev–Trinajstić information content (AvgIpc) is 2.60. The summed E-state index contributed by atoms with van der Waals surface area (Å²) >= 11 is 1.54. The lowest BCUT2D eigenvalue weighted by Crippen LogP contribution is -2.21. The van der Waals surface area contributed by atoms with E-state index in [1.807, 2.05) is 29.6 Å². The monoisotopic (exact) mass is 205 g/mol. The molecule has 71 valence electrons. The van der Waals surface area contributed by atoms with Gasteiger partial charge in [0.25, 0.3) is 5.91 Å². The van der Waals surface area contributed by atoms with E-state index in [9.17, 15) is 4.79 Å². The molecule has 0 saturated heterocycles. The number of hydrogen-bond acceptors (Lipinski definition) is 3. The number of nitrogens with two attached hydrogens (primary N) is 1. The largest absolute Gasteiger partial charge is 0.316 e. The maximum absolute atomic E-state index is 10.8. The molecule has 4 heteroatoms. The molecule has 2 aromatic rings. The molecule has 0 aliphatic carbocycles. The fourth-order valence-corrected chi connectivity index (χ4v) is 2.38. The number of fused-ring (bicyclic) bond motifs is 1. The quantitative estimate of drug-likeness (QED) is 0.811. The van der Waals surface area contributed by atoms with Crippen molar-refractivity contribution in [1.29, 1.82) is 0 Å². The SMILES string of the molecule is [NH]C(=O)C(N)c1csc2ccccc12. The molecule has 1 aromatic heterocycles. The summed E-state index contributed by atoms with van der Waals surface area (Å²) < 4.78 is 1.10. The predicted molar refractivity (Wildman–Crippen MR) is 56.9 cm³/mol. The first kappa shape index (κ1) is 9.18. The van der Waals surface area contributed by atoms with Crippen LogP contribution in [0.15, 0.2) is 29.6 Å². The van der Waals surface area contributed by atoms with Crippen LogP contribution in [0.2, 0.25) is 0 Å². The van der Waals surface area contributed by atoms with Crippen molar-refractivity contribution in [2.45, 2.75) is 6.04 Å². The van der Waals surface area contributed by atoms with Crippen molar-refractivity contribution in [3.05, 3.63) is 35.2 Å². The normalized spacial score (nSPS) is 12.9. The van der Waals surface area contributed by atoms with Crippen LogP contribution in [0.25, 0.3) is 10.1 Å². The molecule has 14 heavy (non-hydrogen) atoms. The summed E-state index contributed by atoms with van der Waals surface area (Å²) in [5, 5.41) is 2.83. The van der Waals surface area contributed by atoms with Crippen LogP contribution in [0.1, 0.15) is 11.6 Å². The van der Waals surface area contributed by atoms with E-state index in [0.717, 1.165) is 15.6 Å². The zero-order chi connectivity index (χ0) is 10.1. The Kier molecular flexibility index (Phi) is 2.23. The second-order valence-corrected chi connectivity index (χ2v) is 3.94. The van der Waals surface area contributed by atoms with Gasteiger partial charge in [-0.25, -0.2) is 0 Å². The highest BCUT2D eigenvalue weighted by Gasteiger charge is 2.16. The van der Waals surface area contributed by atoms with Gasteiger partial charge in [0.05, 0.1) is 0 Å². The van der Waals surface area contributed by atoms with Gasteiger partial charge in [0, 0.05) is 4.70 Å². The molecule has 1 unspecified atom stereocenters. The van der Waals surface area contributed by atoms with E-state index in [4.69, 9.17) is 11.5 Å². The molecule has 1 heterocycles. The molecular formula is C10H9N2OS. The average molecular weight is 205 g/mol. The molecule has 3 N–H and O–H groups in total. The van der Waals surface area contributed by atoms with E-state index >= 15 is 0 Å². The predicted octanol–water partition coefficient (Wildman–Crippen LogP) is 1.71. The number of amides is 1. The molecule has 0 fully saturated rings. The van der Waals surface area contributed by atoms with Gasteiger partial charge in [-0.3, -0.25) is 10.5 Å². The Morgan fingerprint density at radius 2 is 2.14 bits per heavy atom. The van der Waals surface area contributed by atoms with Gasteiger partial charge in [0.15, 0.2) is 0 Å². The van der Waals surface area contributed by atoms with E-state index in [0.29, 0.717) is 0 Å². The highest BCUT2D eigenvalue weighted by molar-refractivity contribution is 7.17. The van der Waals surface area contributed by atoms with Crippen LogP contribution in [-0.4, -0.2) is 5.91 Å². The van der Waals surface area contributed by atoms with E-state index in [2.05, 4.69) is 0 Å². The molecule has 0 aliphatic heterocycles. The molecule has 1 amide bonds. The van der Waals surface area contributed by atoms with Crippen LogP contribution in [-0.2, 0) is 4.79 Å². The van der Waals surface area contributed by atoms with Gasteiger partial charge in [0.2, 0.25) is 0 Å². The number of benzene rings is 1. The summed E-state index contributed by atoms with van der Waals surface area (Å²) in [5.41, 5.74) is 13.3. The van der Waals surface area contributed by atoms with Crippen molar-refractivity contribution in [2.24, 2.45) is 5.73 Å². The minimum atomic E-state index is -0.814. The first-order chi connectivity index (χ1) is 6.70. The third-order valence-corrected chi connectivity index (χ3v) is 3.11. The Bertz CT molecular complexity index is 478. The van der Waals surface area contributed by atoms with Gasteiger partial charge in [-0.05, 0) is 22.4 Å². The molecule has 3 nitrogen and oxygen atoms in total. The van der Waals surface area contributed by atoms with E-state index in [1.54, 1.807) is 11.3 Å². The molecule has 1 aromatic carbocycles. The second kappa shape index (κ2) is 3.40. The first-order valence-corrected chi connectivity index (χ1v) is 5.05. The molecule has 1 radical (unpaired) electrons. The molecule has 0 saturated carbocycles. The molecule has 2 rings (SSSR count). The maximum Gasteiger partial charge on any atom is 0.259 e. The van der Waals surface area contributed by atoms with Crippen molar-refractivity contribution in [1.82, 2.24) is 5.73 Å². The van der Waals surface area contributed by atoms with Gasteiger partial charge in [-0.1, -0.05) is 18.2 Å². The number of carbonyl (C=O) groups excluding carboxylic acids is 1. The zero-order valence-corrected chi connectivity index (χ0v) is 8.17. The molecule has 0 aliphatic rings. The molecule has 0 bridgehead atoms. The Labute approximate surface area is 85.3 Å². The third-order valence-electron chi connectivity index (χ3n) is 2.13. The van der Waals surface area contributed by atoms with Gasteiger partial charge < -0.3 is 5.73 Å². The summed E-state index contributed by atoms with van der Waals surface area (Å²) in [4.78, 5) is 10.8. The van der Waals surface area contributed by atoms with Crippen molar-refractivity contribution in [3.8, 4) is 0 Å². The van der Waals surface area contributed by atoms with Gasteiger partial charge >= 0.3 is 0 Å². The van der Waals surface area contributed by atoms with Crippen molar-refractivity contribution in [3.63, 3.8) is 0 Å². The van der Waals surface area contributed by atoms with Crippen molar-refractivity contribution in [2.75, 3.05) is 0 Å². The van der Waals surface area contributed by atoms with Gasteiger partial charge in [0.1, 0.15) is 6.04 Å². The number of rotatable bonds is 2. The Balaban J connectivity index is 2.58. The maximum atomic E-state index is 10.8. The van der Waals surface area contributed by atoms with Crippen molar-refractivity contribution >= 4 is 27.3 Å². The number of nitrogens with one attached hydrogen (secondary N) is 1. The molecular weight excluding hydrogens is 196 g/mol. The summed E-state index contributed by atoms with van der Waals surface area (Å²) in [6.45, 7) is 0. The van der Waals surface area contributed by atoms with Crippen LogP contribution >= 0.6 is 11.3 Å². The van der Waals surface area contributed by atoms with E-state index in [-0.39, 0.29) is 0 Å². The van der Waals surface area contributed by atoms with E-state index < -0.39 is 11.9 Å². The Morgan fingerprint density at radius 1 is 1.43 bits per heavy atom. The Morgan fingerprint density at radius 3 is 2.86 bits per heavy atom. The standard InChI is InChI=1S/C10H9N2OS/c11-9(10(12)13)7-5-14-8-4-2-1-3-6(7)8/h1-5,9,12H,11H2. The minimum Gasteiger partial charge on any atom is -0.316 e. The van der Waals surface area contributed by atoms with E-state index in [1.165, 1.54) is 0 Å². The summed E-state index contributed by atoms with van der Waals surface area (Å²) in [6, 6.07) is 6.93. The van der Waals surface area contributed by atoms with Gasteiger partial charge in [-0.15, -0.1) is 11.3 Å². The van der Waals surface area contributed by atoms with Crippen LogP contribution in [0, 0.1) is 0 Å². The number of carbonyl (C=O) groups is 1. The fourth-order valence-electron chi connectivity index (χ4n) is 1.38. The molecule has 1 atom stereocenters. The third kappa shape index (κ3) is 1.38. The minimum absolute atomic E-state index is 0.742. The van der Waals surface area contributed by atoms with Crippen LogP contribution in [0.5, 0.6) is 0 Å². The van der Waals surface area contributed by atoms with Crippen LogP contribution in [0.3, 0.4) is 0 Å². The number of hydrogen-bond donors (Lipinski definition) is 1. The highest BCUT2D eigenvalue weighted by atomic mass is 32.1. The lowest BCUT2D eigenvalue weighted by atomic mass is 10.1. The fraction of sp³-hybridized carbons (Fsp3) is 0.100. The summed E-state index contributed by atoms with van der Waals surface area (Å²) in [5.74, 6) is -0.742. The lowest BCUT2D eigenvalue weighted by Gasteiger charge is -2.04. The summed E-state index contributed by atoms with van der Waals surface area (Å²) in [6.07, 6.45) is 0. The lowest BCUT2D eigenvalue weighted by molar-refractivity contribution is -0.119. The van der Waals surface area contributed by atoms with Crippen molar-refractivity contribution < 1.29 is 4.79 Å². The first-order valence-electron chi connectivity index (χ1n) is 4.17. The highest BCUT2D eigenvalue weighted by Crippen LogP contribution is 2.29.